The zero-order chi connectivity index (χ0) is 26.6. The molecule has 0 atom stereocenters. The fourth-order valence-corrected chi connectivity index (χ4v) is 3.34. The van der Waals surface area contributed by atoms with Crippen LogP contribution in [0.3, 0.4) is 0 Å². The van der Waals surface area contributed by atoms with Crippen molar-refractivity contribution in [2.75, 3.05) is 11.9 Å². The van der Waals surface area contributed by atoms with Crippen LogP contribution in [0.2, 0.25) is 0 Å². The molecule has 1 N–H and O–H groups in total. The van der Waals surface area contributed by atoms with E-state index < -0.39 is 29.3 Å². The van der Waals surface area contributed by atoms with Gasteiger partial charge in [0.2, 0.25) is 0 Å². The number of pyridine rings is 3. The number of anilines is 1. The van der Waals surface area contributed by atoms with Gasteiger partial charge in [-0.05, 0) is 43.3 Å². The Bertz CT molecular complexity index is 1480. The van der Waals surface area contributed by atoms with Gasteiger partial charge in [-0.25, -0.2) is 9.67 Å². The second kappa shape index (κ2) is 10.4. The molecule has 10 nitrogen and oxygen atoms in total. The highest BCUT2D eigenvalue weighted by Gasteiger charge is 2.36. The molecule has 37 heavy (non-hydrogen) atoms. The highest BCUT2D eigenvalue weighted by atomic mass is 19.4. The van der Waals surface area contributed by atoms with Crippen LogP contribution in [0.1, 0.15) is 23.0 Å². The first-order valence-corrected chi connectivity index (χ1v) is 10.9. The van der Waals surface area contributed by atoms with Gasteiger partial charge >= 0.3 is 12.1 Å². The van der Waals surface area contributed by atoms with Gasteiger partial charge in [-0.15, -0.1) is 0 Å². The predicted molar refractivity (Wildman–Crippen MR) is 125 cm³/mol. The van der Waals surface area contributed by atoms with Crippen LogP contribution < -0.4 is 10.9 Å². The highest BCUT2D eigenvalue weighted by molar-refractivity contribution is 6.04. The molecule has 13 heteroatoms. The van der Waals surface area contributed by atoms with Crippen molar-refractivity contribution < 1.29 is 27.5 Å². The van der Waals surface area contributed by atoms with Crippen molar-refractivity contribution in [2.24, 2.45) is 0 Å². The first kappa shape index (κ1) is 25.3. The van der Waals surface area contributed by atoms with Crippen molar-refractivity contribution in [3.05, 3.63) is 88.9 Å². The van der Waals surface area contributed by atoms with Crippen molar-refractivity contribution in [1.29, 1.82) is 0 Å². The lowest BCUT2D eigenvalue weighted by molar-refractivity contribution is -0.144. The smallest absolute Gasteiger partial charge is 0.433 e. The van der Waals surface area contributed by atoms with E-state index in [4.69, 9.17) is 4.74 Å². The molecule has 4 rings (SSSR count). The number of amides is 1. The molecule has 0 fully saturated rings. The fraction of sp³-hybridized carbons (Fsp3) is 0.167. The van der Waals surface area contributed by atoms with E-state index in [2.05, 4.69) is 20.4 Å². The molecule has 0 aliphatic carbocycles. The molecule has 0 aliphatic rings. The Morgan fingerprint density at radius 3 is 2.57 bits per heavy atom. The summed E-state index contributed by atoms with van der Waals surface area (Å²) in [4.78, 5) is 44.2. The van der Waals surface area contributed by atoms with Crippen molar-refractivity contribution in [3.8, 4) is 17.1 Å². The molecule has 4 aromatic rings. The Hall–Kier alpha value is -4.81. The summed E-state index contributed by atoms with van der Waals surface area (Å²) in [6.07, 6.45) is 0.571. The molecule has 0 saturated carbocycles. The van der Waals surface area contributed by atoms with Gasteiger partial charge in [0, 0.05) is 30.2 Å². The molecule has 190 valence electrons. The van der Waals surface area contributed by atoms with Crippen LogP contribution in [0.5, 0.6) is 0 Å². The van der Waals surface area contributed by atoms with Gasteiger partial charge < -0.3 is 14.6 Å². The van der Waals surface area contributed by atoms with Crippen LogP contribution in [-0.2, 0) is 22.3 Å². The van der Waals surface area contributed by atoms with Crippen LogP contribution in [0, 0.1) is 0 Å². The molecule has 0 saturated heterocycles. The van der Waals surface area contributed by atoms with Crippen LogP contribution in [-0.4, -0.2) is 42.8 Å². The highest BCUT2D eigenvalue weighted by Crippen LogP contribution is 2.33. The number of hydrogen-bond acceptors (Lipinski definition) is 7. The van der Waals surface area contributed by atoms with Crippen LogP contribution in [0.25, 0.3) is 17.1 Å². The van der Waals surface area contributed by atoms with Crippen molar-refractivity contribution >= 4 is 17.6 Å². The molecule has 0 bridgehead atoms. The third kappa shape index (κ3) is 5.89. The summed E-state index contributed by atoms with van der Waals surface area (Å²) in [7, 11) is 0. The molecular weight excluding hydrogens is 493 g/mol. The Kier molecular flexibility index (Phi) is 7.13. The van der Waals surface area contributed by atoms with E-state index in [1.165, 1.54) is 43.0 Å². The Morgan fingerprint density at radius 2 is 1.92 bits per heavy atom. The largest absolute Gasteiger partial charge is 0.465 e. The number of aromatic nitrogens is 5. The maximum atomic E-state index is 13.7. The van der Waals surface area contributed by atoms with E-state index >= 15 is 0 Å². The summed E-state index contributed by atoms with van der Waals surface area (Å²) in [5.74, 6) is -1.38. The predicted octanol–water partition coefficient (Wildman–Crippen LogP) is 3.33. The standard InChI is InChI=1S/C24H19F3N6O4/c1-2-37-22(35)14-32-13-16(5-8-21(32)34)23(36)30-17-6-7-20(29-12-17)33-19(24(25,26)27)10-18(31-33)15-4-3-9-28-11-15/h3-13H,2,14H2,1H3,(H,30,36). The van der Waals surface area contributed by atoms with E-state index in [9.17, 15) is 27.6 Å². The van der Waals surface area contributed by atoms with Crippen LogP contribution in [0.4, 0.5) is 18.9 Å². The minimum absolute atomic E-state index is 0.0672. The average Bonchev–Trinajstić information content (AvgIpc) is 3.33. The summed E-state index contributed by atoms with van der Waals surface area (Å²) >= 11 is 0. The van der Waals surface area contributed by atoms with E-state index in [0.29, 0.717) is 10.2 Å². The fourth-order valence-electron chi connectivity index (χ4n) is 3.34. The first-order valence-electron chi connectivity index (χ1n) is 10.9. The monoisotopic (exact) mass is 512 g/mol. The Labute approximate surface area is 207 Å². The number of carbonyl (C=O) groups is 2. The number of rotatable bonds is 7. The zero-order valence-electron chi connectivity index (χ0n) is 19.3. The van der Waals surface area contributed by atoms with Gasteiger partial charge in [-0.2, -0.15) is 18.3 Å². The molecule has 4 heterocycles. The summed E-state index contributed by atoms with van der Waals surface area (Å²) < 4.78 is 47.5. The van der Waals surface area contributed by atoms with Gasteiger partial charge in [0.25, 0.3) is 11.5 Å². The van der Waals surface area contributed by atoms with Crippen LogP contribution in [0.15, 0.2) is 72.0 Å². The van der Waals surface area contributed by atoms with Gasteiger partial charge in [-0.3, -0.25) is 19.4 Å². The third-order valence-electron chi connectivity index (χ3n) is 5.03. The molecular formula is C24H19F3N6O4. The number of alkyl halides is 3. The Morgan fingerprint density at radius 1 is 1.11 bits per heavy atom. The van der Waals surface area contributed by atoms with E-state index in [1.54, 1.807) is 19.1 Å². The summed E-state index contributed by atoms with van der Waals surface area (Å²) in [5.41, 5.74) is -0.802. The minimum atomic E-state index is -4.70. The van der Waals surface area contributed by atoms with Crippen molar-refractivity contribution in [2.45, 2.75) is 19.6 Å². The molecule has 0 spiro atoms. The number of carbonyl (C=O) groups excluding carboxylic acids is 2. The summed E-state index contributed by atoms with van der Waals surface area (Å²) in [6, 6.07) is 9.11. The number of ether oxygens (including phenoxy) is 1. The molecule has 4 aromatic heterocycles. The molecule has 1 amide bonds. The quantitative estimate of drug-likeness (QED) is 0.377. The molecule has 0 radical (unpaired) electrons. The number of nitrogens with zero attached hydrogens (tertiary/aromatic N) is 5. The third-order valence-corrected chi connectivity index (χ3v) is 5.03. The number of hydrogen-bond donors (Lipinski definition) is 1. The maximum absolute atomic E-state index is 13.7. The summed E-state index contributed by atoms with van der Waals surface area (Å²) in [6.45, 7) is 1.40. The minimum Gasteiger partial charge on any atom is -0.465 e. The van der Waals surface area contributed by atoms with Gasteiger partial charge in [0.05, 0.1) is 29.7 Å². The second-order valence-electron chi connectivity index (χ2n) is 7.61. The van der Waals surface area contributed by atoms with Gasteiger partial charge in [0.1, 0.15) is 6.54 Å². The first-order chi connectivity index (χ1) is 17.7. The van der Waals surface area contributed by atoms with E-state index in [1.807, 2.05) is 0 Å². The second-order valence-corrected chi connectivity index (χ2v) is 7.61. The van der Waals surface area contributed by atoms with Crippen molar-refractivity contribution in [1.82, 2.24) is 24.3 Å². The number of nitrogens with one attached hydrogen (secondary N) is 1. The maximum Gasteiger partial charge on any atom is 0.433 e. The van der Waals surface area contributed by atoms with E-state index in [-0.39, 0.29) is 35.9 Å². The zero-order valence-corrected chi connectivity index (χ0v) is 19.3. The molecule has 0 aromatic carbocycles. The number of halogens is 3. The normalized spacial score (nSPS) is 11.2. The lowest BCUT2D eigenvalue weighted by atomic mass is 10.2. The van der Waals surface area contributed by atoms with Gasteiger partial charge in [-0.1, -0.05) is 0 Å². The Balaban J connectivity index is 1.55. The topological polar surface area (TPSA) is 121 Å². The van der Waals surface area contributed by atoms with Crippen molar-refractivity contribution in [3.63, 3.8) is 0 Å². The molecule has 0 unspecified atom stereocenters. The lowest BCUT2D eigenvalue weighted by Crippen LogP contribution is -2.26. The van der Waals surface area contributed by atoms with E-state index in [0.717, 1.165) is 16.7 Å². The lowest BCUT2D eigenvalue weighted by Gasteiger charge is -2.11. The molecule has 0 aliphatic heterocycles. The van der Waals surface area contributed by atoms with Crippen LogP contribution >= 0.6 is 0 Å². The summed E-state index contributed by atoms with van der Waals surface area (Å²) in [5, 5.41) is 6.59. The van der Waals surface area contributed by atoms with Gasteiger partial charge in [0.15, 0.2) is 11.5 Å². The average molecular weight is 512 g/mol. The SMILES string of the molecule is CCOC(=O)Cn1cc(C(=O)Nc2ccc(-n3nc(-c4cccnc4)cc3C(F)(F)F)nc2)ccc1=O. The number of esters is 1.